The van der Waals surface area contributed by atoms with Crippen LogP contribution < -0.4 is 15.5 Å². The quantitative estimate of drug-likeness (QED) is 0.566. The molecule has 1 aliphatic rings. The fourth-order valence-corrected chi connectivity index (χ4v) is 4.10. The van der Waals surface area contributed by atoms with E-state index in [1.165, 1.54) is 5.56 Å². The summed E-state index contributed by atoms with van der Waals surface area (Å²) in [6.07, 6.45) is 3.36. The van der Waals surface area contributed by atoms with Crippen LogP contribution >= 0.6 is 0 Å². The monoisotopic (exact) mass is 427 g/mol. The minimum Gasteiger partial charge on any atom is -0.349 e. The molecule has 4 rings (SSSR count). The first-order valence-corrected chi connectivity index (χ1v) is 11.2. The van der Waals surface area contributed by atoms with Crippen molar-refractivity contribution in [3.63, 3.8) is 0 Å². The molecule has 5 nitrogen and oxygen atoms in total. The van der Waals surface area contributed by atoms with Gasteiger partial charge in [-0.1, -0.05) is 60.7 Å². The second kappa shape index (κ2) is 10.1. The van der Waals surface area contributed by atoms with Gasteiger partial charge in [-0.05, 0) is 61.1 Å². The number of carbonyl (C=O) groups is 2. The summed E-state index contributed by atoms with van der Waals surface area (Å²) in [5.74, 6) is -0.0284. The lowest BCUT2D eigenvalue weighted by molar-refractivity contribution is -0.121. The first-order chi connectivity index (χ1) is 15.6. The Morgan fingerprint density at radius 2 is 1.62 bits per heavy atom. The van der Waals surface area contributed by atoms with Crippen LogP contribution in [0.3, 0.4) is 0 Å². The molecule has 1 heterocycles. The summed E-state index contributed by atoms with van der Waals surface area (Å²) in [6, 6.07) is 25.3. The number of nitrogens with one attached hydrogen (secondary N) is 2. The molecule has 5 heteroatoms. The average molecular weight is 428 g/mol. The molecule has 32 heavy (non-hydrogen) atoms. The predicted octanol–water partition coefficient (Wildman–Crippen LogP) is 5.48. The van der Waals surface area contributed by atoms with Crippen molar-refractivity contribution < 1.29 is 9.59 Å². The third-order valence-electron chi connectivity index (χ3n) is 5.85. The van der Waals surface area contributed by atoms with Crippen molar-refractivity contribution in [3.8, 4) is 0 Å². The number of fused-ring (bicyclic) bond motifs is 1. The lowest BCUT2D eigenvalue weighted by atomic mass is 10.1. The van der Waals surface area contributed by atoms with Crippen molar-refractivity contribution in [2.75, 3.05) is 16.8 Å². The van der Waals surface area contributed by atoms with Gasteiger partial charge in [0.25, 0.3) is 0 Å². The van der Waals surface area contributed by atoms with Gasteiger partial charge in [0.15, 0.2) is 0 Å². The molecule has 3 amide bonds. The first kappa shape index (κ1) is 21.6. The van der Waals surface area contributed by atoms with E-state index in [0.717, 1.165) is 41.8 Å². The van der Waals surface area contributed by atoms with E-state index in [9.17, 15) is 9.59 Å². The first-order valence-electron chi connectivity index (χ1n) is 11.2. The maximum absolute atomic E-state index is 13.0. The minimum atomic E-state index is -0.124. The molecule has 0 fully saturated rings. The zero-order chi connectivity index (χ0) is 22.3. The van der Waals surface area contributed by atoms with Gasteiger partial charge < -0.3 is 10.6 Å². The van der Waals surface area contributed by atoms with E-state index in [1.807, 2.05) is 84.6 Å². The second-order valence-corrected chi connectivity index (χ2v) is 8.24. The topological polar surface area (TPSA) is 61.4 Å². The van der Waals surface area contributed by atoms with Crippen LogP contribution in [-0.2, 0) is 17.6 Å². The third-order valence-corrected chi connectivity index (χ3v) is 5.85. The lowest BCUT2D eigenvalue weighted by Crippen LogP contribution is -2.35. The zero-order valence-corrected chi connectivity index (χ0v) is 18.4. The number of hydrogen-bond acceptors (Lipinski definition) is 2. The molecule has 3 aromatic carbocycles. The second-order valence-electron chi connectivity index (χ2n) is 8.24. The molecular formula is C27H29N3O2. The summed E-state index contributed by atoms with van der Waals surface area (Å²) in [7, 11) is 0. The molecule has 1 atom stereocenters. The van der Waals surface area contributed by atoms with E-state index in [-0.39, 0.29) is 18.0 Å². The fourth-order valence-electron chi connectivity index (χ4n) is 4.10. The number of nitrogens with zero attached hydrogens (tertiary/aromatic N) is 1. The van der Waals surface area contributed by atoms with Crippen molar-refractivity contribution in [3.05, 3.63) is 95.6 Å². The van der Waals surface area contributed by atoms with Gasteiger partial charge in [0.05, 0.1) is 12.5 Å². The van der Waals surface area contributed by atoms with Crippen LogP contribution in [0.5, 0.6) is 0 Å². The van der Waals surface area contributed by atoms with E-state index in [0.29, 0.717) is 13.0 Å². The van der Waals surface area contributed by atoms with Gasteiger partial charge in [0.2, 0.25) is 5.91 Å². The van der Waals surface area contributed by atoms with E-state index < -0.39 is 0 Å². The lowest BCUT2D eigenvalue weighted by Gasteiger charge is -2.23. The number of benzene rings is 3. The van der Waals surface area contributed by atoms with Crippen molar-refractivity contribution in [2.45, 2.75) is 38.6 Å². The van der Waals surface area contributed by atoms with E-state index >= 15 is 0 Å². The zero-order valence-electron chi connectivity index (χ0n) is 18.4. The van der Waals surface area contributed by atoms with Gasteiger partial charge in [-0.15, -0.1) is 0 Å². The van der Waals surface area contributed by atoms with Gasteiger partial charge in [-0.3, -0.25) is 9.69 Å². The minimum absolute atomic E-state index is 0.0284. The van der Waals surface area contributed by atoms with Crippen molar-refractivity contribution in [1.29, 1.82) is 0 Å². The number of carbonyl (C=O) groups excluding carboxylic acids is 2. The largest absolute Gasteiger partial charge is 0.349 e. The molecule has 3 aromatic rings. The average Bonchev–Trinajstić information content (AvgIpc) is 3.03. The van der Waals surface area contributed by atoms with Gasteiger partial charge >= 0.3 is 6.03 Å². The Labute approximate surface area is 189 Å². The van der Waals surface area contributed by atoms with Crippen LogP contribution in [0.15, 0.2) is 78.9 Å². The van der Waals surface area contributed by atoms with Crippen molar-refractivity contribution in [2.24, 2.45) is 0 Å². The van der Waals surface area contributed by atoms with Gasteiger partial charge in [-0.2, -0.15) is 0 Å². The highest BCUT2D eigenvalue weighted by molar-refractivity contribution is 6.02. The molecule has 0 spiro atoms. The summed E-state index contributed by atoms with van der Waals surface area (Å²) >= 11 is 0. The Hall–Kier alpha value is -3.60. The Kier molecular flexibility index (Phi) is 6.85. The summed E-state index contributed by atoms with van der Waals surface area (Å²) in [6.45, 7) is 2.69. The molecule has 0 saturated carbocycles. The normalized spacial score (nSPS) is 14.1. The van der Waals surface area contributed by atoms with Crippen molar-refractivity contribution >= 4 is 23.3 Å². The van der Waals surface area contributed by atoms with E-state index in [2.05, 4.69) is 16.7 Å². The van der Waals surface area contributed by atoms with E-state index in [1.54, 1.807) is 0 Å². The summed E-state index contributed by atoms with van der Waals surface area (Å²) in [5, 5.41) is 6.04. The summed E-state index contributed by atoms with van der Waals surface area (Å²) in [5.41, 5.74) is 4.91. The fraction of sp³-hybridized carbons (Fsp3) is 0.259. The molecule has 0 unspecified atom stereocenters. The molecule has 0 aliphatic carbocycles. The van der Waals surface area contributed by atoms with Crippen LogP contribution in [0, 0.1) is 0 Å². The summed E-state index contributed by atoms with van der Waals surface area (Å²) < 4.78 is 0. The van der Waals surface area contributed by atoms with Gasteiger partial charge in [0, 0.05) is 17.9 Å². The molecular weight excluding hydrogens is 398 g/mol. The van der Waals surface area contributed by atoms with Gasteiger partial charge in [0.1, 0.15) is 0 Å². The number of anilines is 2. The highest BCUT2D eigenvalue weighted by Crippen LogP contribution is 2.26. The highest BCUT2D eigenvalue weighted by atomic mass is 16.2. The van der Waals surface area contributed by atoms with Crippen molar-refractivity contribution in [1.82, 2.24) is 5.32 Å². The Bertz CT molecular complexity index is 1060. The van der Waals surface area contributed by atoms with Crippen LogP contribution in [0.2, 0.25) is 0 Å². The smallest absolute Gasteiger partial charge is 0.326 e. The standard InChI is InChI=1S/C27H29N3O2/c1-20(22-9-3-2-4-10-22)28-26(31)19-21-14-16-24(17-15-21)29-27(32)30-18-8-7-12-23-11-5-6-13-25(23)30/h2-6,9-11,13-17,20H,7-8,12,18-19H2,1H3,(H,28,31)(H,29,32)/t20-/m1/s1. The predicted molar refractivity (Wildman–Crippen MR) is 129 cm³/mol. The summed E-state index contributed by atoms with van der Waals surface area (Å²) in [4.78, 5) is 27.2. The number of para-hydroxylation sites is 1. The SMILES string of the molecule is C[C@@H](NC(=O)Cc1ccc(NC(=O)N2CCCCc3ccccc32)cc1)c1ccccc1. The van der Waals surface area contributed by atoms with Crippen LogP contribution in [0.4, 0.5) is 16.2 Å². The third kappa shape index (κ3) is 5.35. The molecule has 0 aromatic heterocycles. The van der Waals surface area contributed by atoms with Gasteiger partial charge in [-0.25, -0.2) is 4.79 Å². The highest BCUT2D eigenvalue weighted by Gasteiger charge is 2.21. The van der Waals surface area contributed by atoms with E-state index in [4.69, 9.17) is 0 Å². The number of aryl methyl sites for hydroxylation is 1. The molecule has 2 N–H and O–H groups in total. The number of rotatable bonds is 5. The van der Waals surface area contributed by atoms with Crippen LogP contribution in [0.25, 0.3) is 0 Å². The molecule has 0 saturated heterocycles. The Morgan fingerprint density at radius 3 is 2.41 bits per heavy atom. The number of urea groups is 1. The maximum atomic E-state index is 13.0. The molecule has 0 bridgehead atoms. The number of amides is 3. The number of hydrogen-bond donors (Lipinski definition) is 2. The molecule has 0 radical (unpaired) electrons. The molecule has 1 aliphatic heterocycles. The van der Waals surface area contributed by atoms with Crippen LogP contribution in [0.1, 0.15) is 42.5 Å². The molecule has 164 valence electrons. The Morgan fingerprint density at radius 1 is 0.906 bits per heavy atom. The maximum Gasteiger partial charge on any atom is 0.326 e. The van der Waals surface area contributed by atoms with Crippen LogP contribution in [-0.4, -0.2) is 18.5 Å². The Balaban J connectivity index is 1.35.